The summed E-state index contributed by atoms with van der Waals surface area (Å²) < 4.78 is 0. The van der Waals surface area contributed by atoms with Gasteiger partial charge in [-0.2, -0.15) is 0 Å². The minimum absolute atomic E-state index is 0.167. The van der Waals surface area contributed by atoms with Crippen LogP contribution in [0.5, 0.6) is 5.75 Å². The van der Waals surface area contributed by atoms with Crippen LogP contribution in [0.25, 0.3) is 0 Å². The number of hydrogen-bond donors (Lipinski definition) is 3. The van der Waals surface area contributed by atoms with Gasteiger partial charge in [-0.25, -0.2) is 0 Å². The Bertz CT molecular complexity index is 1130. The van der Waals surface area contributed by atoms with Crippen molar-refractivity contribution in [3.8, 4) is 5.75 Å². The van der Waals surface area contributed by atoms with Gasteiger partial charge >= 0.3 is 11.8 Å². The van der Waals surface area contributed by atoms with Crippen molar-refractivity contribution in [1.82, 2.24) is 10.6 Å². The number of nitrogens with one attached hydrogen (secondary N) is 2. The summed E-state index contributed by atoms with van der Waals surface area (Å²) in [6.07, 6.45) is 0.509. The van der Waals surface area contributed by atoms with Gasteiger partial charge in [0, 0.05) is 17.8 Å². The molecule has 0 spiro atoms. The average molecular weight is 429 g/mol. The van der Waals surface area contributed by atoms with Gasteiger partial charge in [-0.05, 0) is 35.7 Å². The van der Waals surface area contributed by atoms with Crippen LogP contribution in [0.2, 0.25) is 0 Å². The third-order valence-corrected chi connectivity index (χ3v) is 5.35. The first kappa shape index (κ1) is 21.1. The fraction of sp³-hybridized carbons (Fsp3) is 0.160. The van der Waals surface area contributed by atoms with E-state index in [1.54, 1.807) is 41.3 Å². The van der Waals surface area contributed by atoms with E-state index in [0.717, 1.165) is 16.8 Å². The molecular weight excluding hydrogens is 406 g/mol. The summed E-state index contributed by atoms with van der Waals surface area (Å²) in [6.45, 7) is 0.633. The molecular formula is C25H23N3O4. The molecule has 4 rings (SSSR count). The van der Waals surface area contributed by atoms with Gasteiger partial charge in [0.2, 0.25) is 0 Å². The molecule has 3 amide bonds. The molecule has 0 saturated heterocycles. The van der Waals surface area contributed by atoms with Crippen molar-refractivity contribution in [2.45, 2.75) is 19.0 Å². The van der Waals surface area contributed by atoms with E-state index >= 15 is 0 Å². The Labute approximate surface area is 185 Å². The molecule has 0 aliphatic carbocycles. The molecule has 1 aliphatic heterocycles. The number of carbonyl (C=O) groups is 3. The maximum Gasteiger partial charge on any atom is 0.310 e. The predicted molar refractivity (Wildman–Crippen MR) is 120 cm³/mol. The van der Waals surface area contributed by atoms with Crippen molar-refractivity contribution in [1.29, 1.82) is 0 Å². The zero-order chi connectivity index (χ0) is 22.5. The lowest BCUT2D eigenvalue weighted by molar-refractivity contribution is -0.140. The number of aromatic hydroxyl groups is 1. The molecule has 32 heavy (non-hydrogen) atoms. The normalized spacial score (nSPS) is 14.7. The van der Waals surface area contributed by atoms with Crippen LogP contribution in [-0.4, -0.2) is 29.4 Å². The van der Waals surface area contributed by atoms with E-state index < -0.39 is 17.9 Å². The summed E-state index contributed by atoms with van der Waals surface area (Å²) in [5.74, 6) is -1.76. The molecule has 0 fully saturated rings. The number of benzene rings is 3. The molecule has 7 heteroatoms. The number of phenolic OH excluding ortho intramolecular Hbond substituents is 1. The van der Waals surface area contributed by atoms with Crippen LogP contribution < -0.4 is 15.5 Å². The van der Waals surface area contributed by atoms with Crippen molar-refractivity contribution in [3.05, 3.63) is 95.6 Å². The fourth-order valence-corrected chi connectivity index (χ4v) is 3.71. The summed E-state index contributed by atoms with van der Waals surface area (Å²) in [5, 5.41) is 14.5. The first-order valence-electron chi connectivity index (χ1n) is 10.3. The van der Waals surface area contributed by atoms with Gasteiger partial charge in [-0.3, -0.25) is 14.4 Å². The lowest BCUT2D eigenvalue weighted by Gasteiger charge is -2.18. The zero-order valence-electron chi connectivity index (χ0n) is 17.3. The number of hydrogen-bond acceptors (Lipinski definition) is 4. The van der Waals surface area contributed by atoms with Crippen molar-refractivity contribution < 1.29 is 19.5 Å². The topological polar surface area (TPSA) is 98.7 Å². The third-order valence-electron chi connectivity index (χ3n) is 5.35. The van der Waals surface area contributed by atoms with Crippen LogP contribution in [0.3, 0.4) is 0 Å². The maximum atomic E-state index is 13.1. The third kappa shape index (κ3) is 4.62. The number of carbonyl (C=O) groups excluding carboxylic acids is 3. The van der Waals surface area contributed by atoms with Gasteiger partial charge in [0.25, 0.3) is 5.91 Å². The van der Waals surface area contributed by atoms with Crippen LogP contribution in [0.4, 0.5) is 5.69 Å². The summed E-state index contributed by atoms with van der Waals surface area (Å²) in [6, 6.07) is 22.6. The number of para-hydroxylation sites is 1. The molecule has 1 unspecified atom stereocenters. The molecule has 1 atom stereocenters. The van der Waals surface area contributed by atoms with Crippen LogP contribution in [0.15, 0.2) is 78.9 Å². The van der Waals surface area contributed by atoms with Crippen LogP contribution >= 0.6 is 0 Å². The molecule has 1 aliphatic rings. The van der Waals surface area contributed by atoms with Crippen molar-refractivity contribution in [3.63, 3.8) is 0 Å². The Morgan fingerprint density at radius 2 is 1.53 bits per heavy atom. The van der Waals surface area contributed by atoms with Gasteiger partial charge in [0.05, 0.1) is 6.54 Å². The maximum absolute atomic E-state index is 13.1. The van der Waals surface area contributed by atoms with Gasteiger partial charge in [0.1, 0.15) is 11.8 Å². The number of fused-ring (bicyclic) bond motifs is 1. The Kier molecular flexibility index (Phi) is 6.17. The first-order chi connectivity index (χ1) is 15.5. The lowest BCUT2D eigenvalue weighted by atomic mass is 10.1. The Balaban J connectivity index is 1.39. The Morgan fingerprint density at radius 1 is 0.844 bits per heavy atom. The average Bonchev–Trinajstić information content (AvgIpc) is 3.07. The standard InChI is InChI=1S/C25H23N3O4/c29-19-12-10-17(11-13-19)14-15-26-23(30)24(31)27-22-20-8-4-5-9-21(20)28(25(22)32)16-18-6-2-1-3-7-18/h1-13,22,29H,14-16H2,(H,26,30)(H,27,31). The summed E-state index contributed by atoms with van der Waals surface area (Å²) in [5.41, 5.74) is 3.27. The summed E-state index contributed by atoms with van der Waals surface area (Å²) in [4.78, 5) is 39.5. The highest BCUT2D eigenvalue weighted by Gasteiger charge is 2.38. The number of phenols is 1. The van der Waals surface area contributed by atoms with Gasteiger partial charge in [-0.1, -0.05) is 60.7 Å². The number of nitrogens with zero attached hydrogens (tertiary/aromatic N) is 1. The zero-order valence-corrected chi connectivity index (χ0v) is 17.3. The molecule has 0 radical (unpaired) electrons. The van der Waals surface area contributed by atoms with Gasteiger partial charge < -0.3 is 20.6 Å². The van der Waals surface area contributed by atoms with Crippen molar-refractivity contribution >= 4 is 23.4 Å². The number of anilines is 1. The highest BCUT2D eigenvalue weighted by molar-refractivity contribution is 6.35. The minimum atomic E-state index is -0.912. The second-order valence-electron chi connectivity index (χ2n) is 7.55. The largest absolute Gasteiger partial charge is 0.508 e. The summed E-state index contributed by atoms with van der Waals surface area (Å²) in [7, 11) is 0. The Morgan fingerprint density at radius 3 is 2.28 bits per heavy atom. The highest BCUT2D eigenvalue weighted by atomic mass is 16.3. The quantitative estimate of drug-likeness (QED) is 0.524. The van der Waals surface area contributed by atoms with Crippen LogP contribution in [0, 0.1) is 0 Å². The molecule has 0 aromatic heterocycles. The second kappa shape index (κ2) is 9.34. The van der Waals surface area contributed by atoms with Crippen molar-refractivity contribution in [2.75, 3.05) is 11.4 Å². The second-order valence-corrected chi connectivity index (χ2v) is 7.55. The number of amides is 3. The van der Waals surface area contributed by atoms with E-state index in [9.17, 15) is 19.5 Å². The Hall–Kier alpha value is -4.13. The molecule has 3 N–H and O–H groups in total. The molecule has 3 aromatic rings. The predicted octanol–water partition coefficient (Wildman–Crippen LogP) is 2.46. The molecule has 162 valence electrons. The minimum Gasteiger partial charge on any atom is -0.508 e. The molecule has 0 saturated carbocycles. The molecule has 0 bridgehead atoms. The fourth-order valence-electron chi connectivity index (χ4n) is 3.71. The van der Waals surface area contributed by atoms with E-state index in [1.807, 2.05) is 42.5 Å². The van der Waals surface area contributed by atoms with E-state index in [2.05, 4.69) is 10.6 Å². The van der Waals surface area contributed by atoms with Gasteiger partial charge in [0.15, 0.2) is 0 Å². The summed E-state index contributed by atoms with van der Waals surface area (Å²) >= 11 is 0. The van der Waals surface area contributed by atoms with Crippen LogP contribution in [0.1, 0.15) is 22.7 Å². The molecule has 7 nitrogen and oxygen atoms in total. The van der Waals surface area contributed by atoms with E-state index in [1.165, 1.54) is 0 Å². The highest BCUT2D eigenvalue weighted by Crippen LogP contribution is 2.36. The van der Waals surface area contributed by atoms with Gasteiger partial charge in [-0.15, -0.1) is 0 Å². The molecule has 3 aromatic carbocycles. The monoisotopic (exact) mass is 429 g/mol. The van der Waals surface area contributed by atoms with E-state index in [0.29, 0.717) is 18.5 Å². The smallest absolute Gasteiger partial charge is 0.310 e. The first-order valence-corrected chi connectivity index (χ1v) is 10.3. The van der Waals surface area contributed by atoms with E-state index in [4.69, 9.17) is 0 Å². The lowest BCUT2D eigenvalue weighted by Crippen LogP contribution is -2.44. The molecule has 1 heterocycles. The SMILES string of the molecule is O=C(NCCc1ccc(O)cc1)C(=O)NC1C(=O)N(Cc2ccccc2)c2ccccc21. The number of rotatable bonds is 6. The van der Waals surface area contributed by atoms with Crippen molar-refractivity contribution in [2.24, 2.45) is 0 Å². The van der Waals surface area contributed by atoms with E-state index in [-0.39, 0.29) is 18.2 Å². The van der Waals surface area contributed by atoms with Crippen LogP contribution in [-0.2, 0) is 27.3 Å².